The van der Waals surface area contributed by atoms with Gasteiger partial charge in [-0.15, -0.1) is 0 Å². The number of hydrogen-bond acceptors (Lipinski definition) is 4. The Morgan fingerprint density at radius 2 is 2.24 bits per heavy atom. The maximum atomic E-state index is 11.5. The van der Waals surface area contributed by atoms with Gasteiger partial charge in [-0.3, -0.25) is 0 Å². The quantitative estimate of drug-likeness (QED) is 0.825. The minimum absolute atomic E-state index is 0.0628. The van der Waals surface area contributed by atoms with E-state index in [1.807, 2.05) is 0 Å². The molecule has 86 valence electrons. The summed E-state index contributed by atoms with van der Waals surface area (Å²) < 4.78 is 4.82. The molecule has 5 nitrogen and oxygen atoms in total. The molecule has 0 aliphatic heterocycles. The number of carboxylic acids is 1. The molecule has 0 aliphatic rings. The zero-order valence-corrected chi connectivity index (χ0v) is 9.14. The Hall–Kier alpha value is -2.14. The molecule has 0 fully saturated rings. The molecular weight excluding hydrogens is 246 g/mol. The lowest BCUT2D eigenvalue weighted by atomic mass is 10.2. The Labute approximate surface area is 100.0 Å². The van der Waals surface area contributed by atoms with Gasteiger partial charge in [0.05, 0.1) is 10.9 Å². The molecule has 0 spiro atoms. The van der Waals surface area contributed by atoms with Crippen molar-refractivity contribution in [3.8, 4) is 0 Å². The van der Waals surface area contributed by atoms with E-state index in [9.17, 15) is 9.59 Å². The van der Waals surface area contributed by atoms with E-state index in [1.54, 1.807) is 12.1 Å². The van der Waals surface area contributed by atoms with Crippen LogP contribution in [0, 0.1) is 0 Å². The topological polar surface area (TPSA) is 80.4 Å². The maximum Gasteiger partial charge on any atom is 0.347 e. The van der Waals surface area contributed by atoms with E-state index in [2.05, 4.69) is 4.98 Å². The van der Waals surface area contributed by atoms with Crippen molar-refractivity contribution in [3.05, 3.63) is 45.6 Å². The van der Waals surface area contributed by atoms with Gasteiger partial charge in [-0.1, -0.05) is 11.6 Å². The molecule has 0 aliphatic carbocycles. The predicted octanol–water partition coefficient (Wildman–Crippen LogP) is 1.94. The second-order valence-electron chi connectivity index (χ2n) is 3.17. The maximum absolute atomic E-state index is 11.5. The van der Waals surface area contributed by atoms with E-state index in [0.29, 0.717) is 10.5 Å². The SMILES string of the molecule is O=C(O)C=Cc1nc2ccc(Cl)cc2c(=O)o1. The van der Waals surface area contributed by atoms with Crippen molar-refractivity contribution >= 4 is 34.5 Å². The molecule has 0 unspecified atom stereocenters. The first-order valence-electron chi connectivity index (χ1n) is 4.58. The van der Waals surface area contributed by atoms with Gasteiger partial charge >= 0.3 is 11.6 Å². The second kappa shape index (κ2) is 4.39. The van der Waals surface area contributed by atoms with Crippen LogP contribution >= 0.6 is 11.6 Å². The van der Waals surface area contributed by atoms with E-state index in [0.717, 1.165) is 12.2 Å². The van der Waals surface area contributed by atoms with Gasteiger partial charge in [0, 0.05) is 17.2 Å². The summed E-state index contributed by atoms with van der Waals surface area (Å²) in [5.41, 5.74) is -0.210. The van der Waals surface area contributed by atoms with Crippen molar-refractivity contribution < 1.29 is 14.3 Å². The summed E-state index contributed by atoms with van der Waals surface area (Å²) in [6.45, 7) is 0. The zero-order valence-electron chi connectivity index (χ0n) is 8.38. The fraction of sp³-hybridized carbons (Fsp3) is 0. The largest absolute Gasteiger partial charge is 0.478 e. The lowest BCUT2D eigenvalue weighted by Gasteiger charge is -1.97. The van der Waals surface area contributed by atoms with Crippen LogP contribution in [-0.4, -0.2) is 16.1 Å². The number of hydrogen-bond donors (Lipinski definition) is 1. The molecule has 0 radical (unpaired) electrons. The molecule has 0 saturated heterocycles. The summed E-state index contributed by atoms with van der Waals surface area (Å²) in [6, 6.07) is 4.59. The van der Waals surface area contributed by atoms with Gasteiger partial charge in [0.25, 0.3) is 0 Å². The molecule has 1 aromatic carbocycles. The van der Waals surface area contributed by atoms with Crippen LogP contribution in [0.3, 0.4) is 0 Å². The summed E-state index contributed by atoms with van der Waals surface area (Å²) in [5, 5.41) is 9.10. The van der Waals surface area contributed by atoms with Gasteiger partial charge in [-0.05, 0) is 18.2 Å². The summed E-state index contributed by atoms with van der Waals surface area (Å²) in [6.07, 6.45) is 1.95. The smallest absolute Gasteiger partial charge is 0.347 e. The second-order valence-corrected chi connectivity index (χ2v) is 3.61. The van der Waals surface area contributed by atoms with Crippen molar-refractivity contribution in [3.63, 3.8) is 0 Å². The molecule has 17 heavy (non-hydrogen) atoms. The lowest BCUT2D eigenvalue weighted by molar-refractivity contribution is -0.131. The average molecular weight is 252 g/mol. The summed E-state index contributed by atoms with van der Waals surface area (Å²) >= 11 is 5.73. The molecule has 0 bridgehead atoms. The number of carboxylic acid groups (broad SMARTS) is 1. The van der Waals surface area contributed by atoms with E-state index in [4.69, 9.17) is 21.1 Å². The van der Waals surface area contributed by atoms with Crippen LogP contribution in [0.2, 0.25) is 5.02 Å². The molecule has 2 rings (SSSR count). The van der Waals surface area contributed by atoms with Gasteiger partial charge in [-0.2, -0.15) is 0 Å². The van der Waals surface area contributed by atoms with Crippen LogP contribution in [0.15, 0.2) is 33.5 Å². The first-order chi connectivity index (χ1) is 8.06. The third-order valence-electron chi connectivity index (χ3n) is 1.97. The van der Waals surface area contributed by atoms with Gasteiger partial charge in [0.15, 0.2) is 0 Å². The first kappa shape index (κ1) is 11.3. The highest BCUT2D eigenvalue weighted by atomic mass is 35.5. The van der Waals surface area contributed by atoms with Crippen molar-refractivity contribution in [2.24, 2.45) is 0 Å². The zero-order chi connectivity index (χ0) is 12.4. The molecule has 0 atom stereocenters. The summed E-state index contributed by atoms with van der Waals surface area (Å²) in [4.78, 5) is 25.8. The Morgan fingerprint density at radius 1 is 1.47 bits per heavy atom. The molecule has 2 aromatic rings. The average Bonchev–Trinajstić information content (AvgIpc) is 2.27. The molecule has 6 heteroatoms. The van der Waals surface area contributed by atoms with Crippen LogP contribution in [-0.2, 0) is 4.79 Å². The number of benzene rings is 1. The van der Waals surface area contributed by atoms with Crippen molar-refractivity contribution in [2.75, 3.05) is 0 Å². The predicted molar refractivity (Wildman–Crippen MR) is 62.0 cm³/mol. The number of halogens is 1. The van der Waals surface area contributed by atoms with Gasteiger partial charge < -0.3 is 9.52 Å². The van der Waals surface area contributed by atoms with E-state index in [1.165, 1.54) is 6.07 Å². The lowest BCUT2D eigenvalue weighted by Crippen LogP contribution is -2.03. The van der Waals surface area contributed by atoms with Crippen molar-refractivity contribution in [2.45, 2.75) is 0 Å². The standard InChI is InChI=1S/C11H6ClNO4/c12-6-1-2-8-7(5-6)11(16)17-9(13-8)3-4-10(14)15/h1-5H,(H,14,15). The third-order valence-corrected chi connectivity index (χ3v) is 2.21. The van der Waals surface area contributed by atoms with E-state index >= 15 is 0 Å². The number of carbonyl (C=O) groups is 1. The Bertz CT molecular complexity index is 675. The molecule has 1 N–H and O–H groups in total. The molecule has 1 aromatic heterocycles. The Kier molecular flexibility index (Phi) is 2.93. The molecular formula is C11H6ClNO4. The highest BCUT2D eigenvalue weighted by molar-refractivity contribution is 6.31. The molecule has 0 amide bonds. The van der Waals surface area contributed by atoms with E-state index in [-0.39, 0.29) is 11.3 Å². The Balaban J connectivity index is 2.60. The summed E-state index contributed by atoms with van der Waals surface area (Å²) in [5.74, 6) is -1.21. The highest BCUT2D eigenvalue weighted by Crippen LogP contribution is 2.15. The van der Waals surface area contributed by atoms with Gasteiger partial charge in [-0.25, -0.2) is 14.6 Å². The normalized spacial score (nSPS) is 11.1. The molecule has 0 saturated carbocycles. The monoisotopic (exact) mass is 251 g/mol. The van der Waals surface area contributed by atoms with Crippen molar-refractivity contribution in [1.82, 2.24) is 4.98 Å². The first-order valence-corrected chi connectivity index (χ1v) is 4.95. The van der Waals surface area contributed by atoms with Crippen LogP contribution < -0.4 is 5.63 Å². The van der Waals surface area contributed by atoms with Crippen LogP contribution in [0.5, 0.6) is 0 Å². The highest BCUT2D eigenvalue weighted by Gasteiger charge is 2.05. The fourth-order valence-electron chi connectivity index (χ4n) is 1.27. The van der Waals surface area contributed by atoms with Crippen LogP contribution in [0.4, 0.5) is 0 Å². The number of aromatic nitrogens is 1. The number of rotatable bonds is 2. The van der Waals surface area contributed by atoms with Gasteiger partial charge in [0.2, 0.25) is 5.89 Å². The van der Waals surface area contributed by atoms with Crippen molar-refractivity contribution in [1.29, 1.82) is 0 Å². The summed E-state index contributed by atoms with van der Waals surface area (Å²) in [7, 11) is 0. The molecule has 1 heterocycles. The van der Waals surface area contributed by atoms with Crippen LogP contribution in [0.25, 0.3) is 17.0 Å². The van der Waals surface area contributed by atoms with E-state index < -0.39 is 11.6 Å². The van der Waals surface area contributed by atoms with Crippen LogP contribution in [0.1, 0.15) is 5.89 Å². The minimum atomic E-state index is -1.15. The fourth-order valence-corrected chi connectivity index (χ4v) is 1.45. The number of nitrogens with zero attached hydrogens (tertiary/aromatic N) is 1. The number of aliphatic carboxylic acids is 1. The van der Waals surface area contributed by atoms with Gasteiger partial charge in [0.1, 0.15) is 0 Å². The third kappa shape index (κ3) is 2.51. The minimum Gasteiger partial charge on any atom is -0.478 e. The Morgan fingerprint density at radius 3 is 2.94 bits per heavy atom. The number of fused-ring (bicyclic) bond motifs is 1.